The normalized spacial score (nSPS) is 14.1. The lowest BCUT2D eigenvalue weighted by Gasteiger charge is -2.21. The largest absolute Gasteiger partial charge is 0.204 e. The Bertz CT molecular complexity index is 931. The molecule has 4 rings (SSSR count). The van der Waals surface area contributed by atoms with Crippen LogP contribution < -0.4 is 0 Å². The maximum Gasteiger partial charge on any atom is 0.166 e. The topological polar surface area (TPSA) is 0 Å². The molecule has 0 spiro atoms. The van der Waals surface area contributed by atoms with Gasteiger partial charge in [-0.2, -0.15) is 0 Å². The number of hydrogen-bond donors (Lipinski definition) is 0. The first-order valence-electron chi connectivity index (χ1n) is 10.5. The standard InChI is InChI=1S/C14H18F2.C12H8F2/c15-13-8-4-7-12(14(13)16)10-9-11-5-2-1-3-6-11;13-11-8-4-7-10(12(11)14)9-5-2-1-3-6-9/h4,7-8,11H,1-3,5-6,9-10H2;1-8H. The van der Waals surface area contributed by atoms with Crippen LogP contribution in [0.4, 0.5) is 17.6 Å². The van der Waals surface area contributed by atoms with E-state index in [1.165, 1.54) is 44.2 Å². The van der Waals surface area contributed by atoms with Crippen molar-refractivity contribution in [1.82, 2.24) is 0 Å². The summed E-state index contributed by atoms with van der Waals surface area (Å²) in [6.45, 7) is 0. The summed E-state index contributed by atoms with van der Waals surface area (Å²) in [4.78, 5) is 0. The smallest absolute Gasteiger partial charge is 0.166 e. The predicted octanol–water partition coefficient (Wildman–Crippen LogP) is 8.11. The average molecular weight is 414 g/mol. The van der Waals surface area contributed by atoms with E-state index in [0.29, 0.717) is 23.1 Å². The maximum atomic E-state index is 13.4. The minimum Gasteiger partial charge on any atom is -0.204 e. The maximum absolute atomic E-state index is 13.4. The Labute approximate surface area is 175 Å². The molecule has 0 bridgehead atoms. The Balaban J connectivity index is 0.000000172. The Morgan fingerprint density at radius 2 is 1.27 bits per heavy atom. The van der Waals surface area contributed by atoms with Crippen molar-refractivity contribution in [3.63, 3.8) is 0 Å². The van der Waals surface area contributed by atoms with Gasteiger partial charge in [0.05, 0.1) is 0 Å². The summed E-state index contributed by atoms with van der Waals surface area (Å²) >= 11 is 0. The molecule has 0 unspecified atom stereocenters. The van der Waals surface area contributed by atoms with E-state index in [-0.39, 0.29) is 0 Å². The fourth-order valence-corrected chi connectivity index (χ4v) is 3.92. The minimum atomic E-state index is -0.814. The molecule has 0 nitrogen and oxygen atoms in total. The van der Waals surface area contributed by atoms with Crippen LogP contribution in [0.5, 0.6) is 0 Å². The van der Waals surface area contributed by atoms with Gasteiger partial charge in [0.15, 0.2) is 23.3 Å². The van der Waals surface area contributed by atoms with Gasteiger partial charge in [0.2, 0.25) is 0 Å². The van der Waals surface area contributed by atoms with E-state index in [0.717, 1.165) is 18.4 Å². The number of hydrogen-bond acceptors (Lipinski definition) is 0. The van der Waals surface area contributed by atoms with E-state index in [2.05, 4.69) is 0 Å². The predicted molar refractivity (Wildman–Crippen MR) is 113 cm³/mol. The van der Waals surface area contributed by atoms with Crippen molar-refractivity contribution in [2.24, 2.45) is 5.92 Å². The lowest BCUT2D eigenvalue weighted by molar-refractivity contribution is 0.337. The van der Waals surface area contributed by atoms with Crippen LogP contribution in [-0.2, 0) is 6.42 Å². The molecule has 0 saturated heterocycles. The van der Waals surface area contributed by atoms with Crippen LogP contribution in [0.3, 0.4) is 0 Å². The van der Waals surface area contributed by atoms with Gasteiger partial charge in [-0.3, -0.25) is 0 Å². The first kappa shape index (κ1) is 22.1. The average Bonchev–Trinajstić information content (AvgIpc) is 2.78. The molecular weight excluding hydrogens is 388 g/mol. The fourth-order valence-electron chi connectivity index (χ4n) is 3.92. The molecule has 1 saturated carbocycles. The quantitative estimate of drug-likeness (QED) is 0.378. The molecule has 1 fully saturated rings. The van der Waals surface area contributed by atoms with Gasteiger partial charge in [-0.25, -0.2) is 17.6 Å². The molecule has 1 aliphatic carbocycles. The van der Waals surface area contributed by atoms with E-state index in [1.807, 2.05) is 6.07 Å². The summed E-state index contributed by atoms with van der Waals surface area (Å²) < 4.78 is 52.6. The Morgan fingerprint density at radius 3 is 1.97 bits per heavy atom. The second-order valence-corrected chi connectivity index (χ2v) is 7.72. The summed E-state index contributed by atoms with van der Waals surface area (Å²) in [5.41, 5.74) is 1.51. The monoisotopic (exact) mass is 414 g/mol. The summed E-state index contributed by atoms with van der Waals surface area (Å²) in [6, 6.07) is 17.6. The molecule has 0 amide bonds. The van der Waals surface area contributed by atoms with Gasteiger partial charge < -0.3 is 0 Å². The molecule has 0 aliphatic heterocycles. The van der Waals surface area contributed by atoms with Crippen molar-refractivity contribution in [2.75, 3.05) is 0 Å². The first-order valence-corrected chi connectivity index (χ1v) is 10.5. The van der Waals surface area contributed by atoms with E-state index < -0.39 is 23.3 Å². The summed E-state index contributed by atoms with van der Waals surface area (Å²) in [6.07, 6.45) is 8.14. The lowest BCUT2D eigenvalue weighted by Crippen LogP contribution is -2.08. The number of rotatable bonds is 4. The van der Waals surface area contributed by atoms with Gasteiger partial charge in [0.1, 0.15) is 0 Å². The van der Waals surface area contributed by atoms with Gasteiger partial charge in [-0.05, 0) is 42.0 Å². The Morgan fingerprint density at radius 1 is 0.633 bits per heavy atom. The SMILES string of the molecule is Fc1cccc(-c2ccccc2)c1F.Fc1cccc(CCC2CCCCC2)c1F. The molecule has 3 aromatic carbocycles. The molecule has 1 aliphatic rings. The highest BCUT2D eigenvalue weighted by atomic mass is 19.2. The molecule has 0 heterocycles. The Kier molecular flexibility index (Phi) is 8.06. The van der Waals surface area contributed by atoms with Crippen LogP contribution in [0.15, 0.2) is 66.7 Å². The van der Waals surface area contributed by atoms with Crippen LogP contribution in [0.2, 0.25) is 0 Å². The second kappa shape index (κ2) is 11.0. The third kappa shape index (κ3) is 5.94. The lowest BCUT2D eigenvalue weighted by atomic mass is 9.85. The molecule has 0 N–H and O–H groups in total. The van der Waals surface area contributed by atoms with Crippen LogP contribution >= 0.6 is 0 Å². The highest BCUT2D eigenvalue weighted by Crippen LogP contribution is 2.28. The fraction of sp³-hybridized carbons (Fsp3) is 0.308. The van der Waals surface area contributed by atoms with Crippen LogP contribution in [0, 0.1) is 29.2 Å². The first-order chi connectivity index (χ1) is 14.6. The van der Waals surface area contributed by atoms with Crippen LogP contribution in [-0.4, -0.2) is 0 Å². The highest BCUT2D eigenvalue weighted by Gasteiger charge is 2.15. The summed E-state index contributed by atoms with van der Waals surface area (Å²) in [5.74, 6) is -2.26. The third-order valence-corrected chi connectivity index (χ3v) is 5.61. The van der Waals surface area contributed by atoms with Crippen molar-refractivity contribution in [1.29, 1.82) is 0 Å². The van der Waals surface area contributed by atoms with E-state index in [1.54, 1.807) is 42.5 Å². The molecular formula is C26H26F4. The van der Waals surface area contributed by atoms with E-state index in [9.17, 15) is 17.6 Å². The van der Waals surface area contributed by atoms with E-state index in [4.69, 9.17) is 0 Å². The zero-order chi connectivity index (χ0) is 21.3. The zero-order valence-corrected chi connectivity index (χ0v) is 16.9. The number of benzene rings is 3. The van der Waals surface area contributed by atoms with E-state index >= 15 is 0 Å². The highest BCUT2D eigenvalue weighted by molar-refractivity contribution is 5.63. The zero-order valence-electron chi connectivity index (χ0n) is 16.9. The number of aryl methyl sites for hydroxylation is 1. The van der Waals surface area contributed by atoms with Crippen molar-refractivity contribution in [3.8, 4) is 11.1 Å². The van der Waals surface area contributed by atoms with Gasteiger partial charge in [0.25, 0.3) is 0 Å². The van der Waals surface area contributed by atoms with Gasteiger partial charge in [0, 0.05) is 5.56 Å². The molecule has 4 heteroatoms. The van der Waals surface area contributed by atoms with Crippen molar-refractivity contribution >= 4 is 0 Å². The van der Waals surface area contributed by atoms with Crippen LogP contribution in [0.25, 0.3) is 11.1 Å². The molecule has 0 radical (unpaired) electrons. The van der Waals surface area contributed by atoms with Gasteiger partial charge in [-0.1, -0.05) is 86.7 Å². The molecule has 158 valence electrons. The number of halogens is 4. The molecule has 0 atom stereocenters. The Hall–Kier alpha value is -2.62. The molecule has 30 heavy (non-hydrogen) atoms. The van der Waals surface area contributed by atoms with Gasteiger partial charge >= 0.3 is 0 Å². The summed E-state index contributed by atoms with van der Waals surface area (Å²) in [7, 11) is 0. The summed E-state index contributed by atoms with van der Waals surface area (Å²) in [5, 5.41) is 0. The van der Waals surface area contributed by atoms with Crippen molar-refractivity contribution in [2.45, 2.75) is 44.9 Å². The molecule has 0 aromatic heterocycles. The third-order valence-electron chi connectivity index (χ3n) is 5.61. The van der Waals surface area contributed by atoms with Crippen molar-refractivity contribution in [3.05, 3.63) is 95.6 Å². The molecule has 3 aromatic rings. The van der Waals surface area contributed by atoms with Crippen molar-refractivity contribution < 1.29 is 17.6 Å². The van der Waals surface area contributed by atoms with Gasteiger partial charge in [-0.15, -0.1) is 0 Å². The second-order valence-electron chi connectivity index (χ2n) is 7.72. The van der Waals surface area contributed by atoms with Crippen LogP contribution in [0.1, 0.15) is 44.1 Å². The minimum absolute atomic E-state index is 0.297.